The Labute approximate surface area is 89.3 Å². The van der Waals surface area contributed by atoms with Gasteiger partial charge in [0.1, 0.15) is 11.6 Å². The van der Waals surface area contributed by atoms with Gasteiger partial charge in [0, 0.05) is 17.7 Å². The van der Waals surface area contributed by atoms with Crippen LogP contribution in [0.5, 0.6) is 0 Å². The summed E-state index contributed by atoms with van der Waals surface area (Å²) in [5.41, 5.74) is 6.23. The maximum absolute atomic E-state index is 13.3. The van der Waals surface area contributed by atoms with Crippen LogP contribution in [0.15, 0.2) is 18.2 Å². The number of unbranched alkanes of at least 4 members (excludes halogenated alkanes) is 2. The fourth-order valence-corrected chi connectivity index (χ4v) is 1.57. The van der Waals surface area contributed by atoms with Crippen molar-refractivity contribution in [3.05, 3.63) is 35.4 Å². The van der Waals surface area contributed by atoms with Crippen LogP contribution >= 0.6 is 0 Å². The molecular weight excluding hydrogens is 196 g/mol. The lowest BCUT2D eigenvalue weighted by atomic mass is 10.0. The number of rotatable bonds is 5. The molecule has 1 aromatic rings. The third kappa shape index (κ3) is 3.59. The van der Waals surface area contributed by atoms with Gasteiger partial charge in [-0.1, -0.05) is 32.3 Å². The normalized spacial score (nSPS) is 12.8. The van der Waals surface area contributed by atoms with E-state index in [0.717, 1.165) is 31.7 Å². The van der Waals surface area contributed by atoms with E-state index in [-0.39, 0.29) is 6.04 Å². The molecule has 3 heteroatoms. The number of halogens is 2. The quantitative estimate of drug-likeness (QED) is 0.744. The van der Waals surface area contributed by atoms with Gasteiger partial charge in [-0.2, -0.15) is 0 Å². The van der Waals surface area contributed by atoms with E-state index in [9.17, 15) is 8.78 Å². The molecule has 1 nitrogen and oxygen atoms in total. The molecular formula is C12H17F2N. The second-order valence-electron chi connectivity index (χ2n) is 3.77. The van der Waals surface area contributed by atoms with Gasteiger partial charge in [0.2, 0.25) is 0 Å². The minimum Gasteiger partial charge on any atom is -0.324 e. The molecule has 2 N–H and O–H groups in total. The van der Waals surface area contributed by atoms with E-state index in [1.807, 2.05) is 0 Å². The Morgan fingerprint density at radius 1 is 1.27 bits per heavy atom. The molecule has 0 aromatic heterocycles. The molecule has 1 aromatic carbocycles. The highest BCUT2D eigenvalue weighted by Gasteiger charge is 2.11. The highest BCUT2D eigenvalue weighted by atomic mass is 19.1. The molecule has 0 amide bonds. The first-order valence-electron chi connectivity index (χ1n) is 5.35. The van der Waals surface area contributed by atoms with E-state index in [4.69, 9.17) is 5.73 Å². The molecule has 0 heterocycles. The Balaban J connectivity index is 2.61. The smallest absolute Gasteiger partial charge is 0.130 e. The minimum atomic E-state index is -0.558. The Hall–Kier alpha value is -0.960. The van der Waals surface area contributed by atoms with Crippen LogP contribution in [0.1, 0.15) is 44.2 Å². The molecule has 0 aliphatic rings. The van der Waals surface area contributed by atoms with Gasteiger partial charge >= 0.3 is 0 Å². The van der Waals surface area contributed by atoms with Crippen LogP contribution in [0, 0.1) is 11.6 Å². The Morgan fingerprint density at radius 2 is 2.00 bits per heavy atom. The summed E-state index contributed by atoms with van der Waals surface area (Å²) in [6.07, 6.45) is 3.93. The summed E-state index contributed by atoms with van der Waals surface area (Å²) in [6.45, 7) is 2.10. The Kier molecular flexibility index (Phi) is 4.69. The Bertz CT molecular complexity index is 312. The highest BCUT2D eigenvalue weighted by Crippen LogP contribution is 2.20. The van der Waals surface area contributed by atoms with Crippen molar-refractivity contribution in [3.8, 4) is 0 Å². The summed E-state index contributed by atoms with van der Waals surface area (Å²) in [5.74, 6) is -1.10. The van der Waals surface area contributed by atoms with Crippen LogP contribution in [0.25, 0.3) is 0 Å². The fourth-order valence-electron chi connectivity index (χ4n) is 1.57. The van der Waals surface area contributed by atoms with Crippen LogP contribution in [0.2, 0.25) is 0 Å². The van der Waals surface area contributed by atoms with Crippen LogP contribution in [0.3, 0.4) is 0 Å². The largest absolute Gasteiger partial charge is 0.324 e. The van der Waals surface area contributed by atoms with Gasteiger partial charge in [-0.05, 0) is 12.5 Å². The van der Waals surface area contributed by atoms with Gasteiger partial charge in [0.05, 0.1) is 0 Å². The van der Waals surface area contributed by atoms with E-state index in [1.54, 1.807) is 0 Å². The molecule has 1 rings (SSSR count). The lowest BCUT2D eigenvalue weighted by Gasteiger charge is -2.12. The summed E-state index contributed by atoms with van der Waals surface area (Å²) >= 11 is 0. The van der Waals surface area contributed by atoms with Gasteiger partial charge < -0.3 is 5.73 Å². The summed E-state index contributed by atoms with van der Waals surface area (Å²) in [6, 6.07) is 3.24. The number of nitrogens with two attached hydrogens (primary N) is 1. The molecule has 0 aliphatic heterocycles. The summed E-state index contributed by atoms with van der Waals surface area (Å²) < 4.78 is 25.9. The molecule has 84 valence electrons. The third-order valence-corrected chi connectivity index (χ3v) is 2.48. The second-order valence-corrected chi connectivity index (χ2v) is 3.77. The Morgan fingerprint density at radius 3 is 2.60 bits per heavy atom. The predicted octanol–water partition coefficient (Wildman–Crippen LogP) is 3.54. The molecule has 0 aliphatic carbocycles. The first-order chi connectivity index (χ1) is 7.15. The van der Waals surface area contributed by atoms with Crippen LogP contribution < -0.4 is 5.73 Å². The van der Waals surface area contributed by atoms with Crippen molar-refractivity contribution >= 4 is 0 Å². The van der Waals surface area contributed by atoms with Crippen molar-refractivity contribution in [3.63, 3.8) is 0 Å². The zero-order valence-electron chi connectivity index (χ0n) is 8.97. The fraction of sp³-hybridized carbons (Fsp3) is 0.500. The molecule has 1 atom stereocenters. The first-order valence-corrected chi connectivity index (χ1v) is 5.35. The SMILES string of the molecule is CCCCC[C@H](N)c1ccc(F)cc1F. The van der Waals surface area contributed by atoms with Gasteiger partial charge in [-0.25, -0.2) is 8.78 Å². The van der Waals surface area contributed by atoms with Crippen LogP contribution in [0.4, 0.5) is 8.78 Å². The molecule has 0 saturated carbocycles. The lowest BCUT2D eigenvalue weighted by Crippen LogP contribution is -2.12. The highest BCUT2D eigenvalue weighted by molar-refractivity contribution is 5.21. The number of hydrogen-bond donors (Lipinski definition) is 1. The van der Waals surface area contributed by atoms with Crippen molar-refractivity contribution in [2.24, 2.45) is 5.73 Å². The standard InChI is InChI=1S/C12H17F2N/c1-2-3-4-5-12(15)10-7-6-9(13)8-11(10)14/h6-8,12H,2-5,15H2,1H3/t12-/m0/s1. The van der Waals surface area contributed by atoms with E-state index in [1.165, 1.54) is 12.1 Å². The minimum absolute atomic E-state index is 0.322. The maximum atomic E-state index is 13.3. The summed E-state index contributed by atoms with van der Waals surface area (Å²) in [7, 11) is 0. The van der Waals surface area contributed by atoms with E-state index in [2.05, 4.69) is 6.92 Å². The summed E-state index contributed by atoms with van der Waals surface area (Å²) in [5, 5.41) is 0. The van der Waals surface area contributed by atoms with Gasteiger partial charge in [0.15, 0.2) is 0 Å². The molecule has 0 fully saturated rings. The average molecular weight is 213 g/mol. The zero-order valence-corrected chi connectivity index (χ0v) is 8.97. The first kappa shape index (κ1) is 12.1. The molecule has 15 heavy (non-hydrogen) atoms. The molecule has 0 radical (unpaired) electrons. The average Bonchev–Trinajstić information content (AvgIpc) is 2.17. The van der Waals surface area contributed by atoms with E-state index >= 15 is 0 Å². The van der Waals surface area contributed by atoms with E-state index < -0.39 is 11.6 Å². The topological polar surface area (TPSA) is 26.0 Å². The van der Waals surface area contributed by atoms with Crippen LogP contribution in [-0.2, 0) is 0 Å². The van der Waals surface area contributed by atoms with Crippen LogP contribution in [-0.4, -0.2) is 0 Å². The van der Waals surface area contributed by atoms with Gasteiger partial charge in [-0.3, -0.25) is 0 Å². The molecule has 0 unspecified atom stereocenters. The molecule has 0 spiro atoms. The van der Waals surface area contributed by atoms with Gasteiger partial charge in [-0.15, -0.1) is 0 Å². The van der Waals surface area contributed by atoms with Crippen molar-refractivity contribution < 1.29 is 8.78 Å². The zero-order chi connectivity index (χ0) is 11.3. The summed E-state index contributed by atoms with van der Waals surface area (Å²) in [4.78, 5) is 0. The maximum Gasteiger partial charge on any atom is 0.130 e. The second kappa shape index (κ2) is 5.81. The number of benzene rings is 1. The number of hydrogen-bond acceptors (Lipinski definition) is 1. The predicted molar refractivity (Wildman–Crippen MR) is 57.4 cm³/mol. The lowest BCUT2D eigenvalue weighted by molar-refractivity contribution is 0.527. The third-order valence-electron chi connectivity index (χ3n) is 2.48. The molecule has 0 bridgehead atoms. The monoisotopic (exact) mass is 213 g/mol. The van der Waals surface area contributed by atoms with Crippen molar-refractivity contribution in [1.82, 2.24) is 0 Å². The van der Waals surface area contributed by atoms with Crippen molar-refractivity contribution in [2.45, 2.75) is 38.6 Å². The van der Waals surface area contributed by atoms with E-state index in [0.29, 0.717) is 5.56 Å². The van der Waals surface area contributed by atoms with Crippen molar-refractivity contribution in [1.29, 1.82) is 0 Å². The van der Waals surface area contributed by atoms with Gasteiger partial charge in [0.25, 0.3) is 0 Å². The molecule has 0 saturated heterocycles. The van der Waals surface area contributed by atoms with Crippen molar-refractivity contribution in [2.75, 3.05) is 0 Å².